The molecule has 4 heteroatoms. The van der Waals surface area contributed by atoms with E-state index < -0.39 is 5.92 Å². The van der Waals surface area contributed by atoms with Crippen molar-refractivity contribution in [2.24, 2.45) is 5.92 Å². The molecule has 0 spiro atoms. The van der Waals surface area contributed by atoms with Gasteiger partial charge in [-0.1, -0.05) is 54.6 Å². The molecule has 0 radical (unpaired) electrons. The number of carbonyl (C=O) groups excluding carboxylic acids is 2. The summed E-state index contributed by atoms with van der Waals surface area (Å²) in [6.07, 6.45) is 0.175. The zero-order valence-electron chi connectivity index (χ0n) is 16.6. The molecule has 1 amide bonds. The van der Waals surface area contributed by atoms with Crippen molar-refractivity contribution in [3.8, 4) is 16.9 Å². The maximum Gasteiger partial charge on any atom is 0.316 e. The highest BCUT2D eigenvalue weighted by atomic mass is 16.5. The summed E-state index contributed by atoms with van der Waals surface area (Å²) in [7, 11) is 0. The van der Waals surface area contributed by atoms with Gasteiger partial charge in [0, 0.05) is 18.7 Å². The van der Waals surface area contributed by atoms with Gasteiger partial charge in [-0.2, -0.15) is 0 Å². The van der Waals surface area contributed by atoms with Crippen molar-refractivity contribution >= 4 is 17.6 Å². The van der Waals surface area contributed by atoms with E-state index in [1.807, 2.05) is 74.5 Å². The molecule has 1 fully saturated rings. The van der Waals surface area contributed by atoms with E-state index in [1.54, 1.807) is 17.0 Å². The monoisotopic (exact) mass is 385 g/mol. The van der Waals surface area contributed by atoms with Gasteiger partial charge in [0.05, 0.1) is 5.92 Å². The first-order valence-corrected chi connectivity index (χ1v) is 9.76. The van der Waals surface area contributed by atoms with Crippen LogP contribution in [0.5, 0.6) is 5.75 Å². The number of esters is 1. The van der Waals surface area contributed by atoms with E-state index in [2.05, 4.69) is 0 Å². The summed E-state index contributed by atoms with van der Waals surface area (Å²) in [5.74, 6) is -0.373. The van der Waals surface area contributed by atoms with E-state index in [0.29, 0.717) is 12.3 Å². The molecule has 0 N–H and O–H groups in total. The van der Waals surface area contributed by atoms with Crippen LogP contribution in [0.3, 0.4) is 0 Å². The fourth-order valence-electron chi connectivity index (χ4n) is 3.67. The molecule has 0 saturated carbocycles. The lowest BCUT2D eigenvalue weighted by Crippen LogP contribution is -2.28. The number of amides is 1. The van der Waals surface area contributed by atoms with E-state index in [4.69, 9.17) is 4.74 Å². The first-order valence-electron chi connectivity index (χ1n) is 9.76. The third-order valence-corrected chi connectivity index (χ3v) is 5.51. The van der Waals surface area contributed by atoms with Crippen LogP contribution in [0, 0.1) is 19.8 Å². The van der Waals surface area contributed by atoms with Gasteiger partial charge < -0.3 is 9.64 Å². The normalized spacial score (nSPS) is 16.1. The molecule has 0 aliphatic carbocycles. The fraction of sp³-hybridized carbons (Fsp3) is 0.200. The molecular weight excluding hydrogens is 362 g/mol. The van der Waals surface area contributed by atoms with Crippen molar-refractivity contribution in [2.45, 2.75) is 20.3 Å². The Kier molecular flexibility index (Phi) is 5.17. The number of hydrogen-bond acceptors (Lipinski definition) is 3. The molecule has 1 atom stereocenters. The highest BCUT2D eigenvalue weighted by molar-refractivity contribution is 6.00. The lowest BCUT2D eigenvalue weighted by molar-refractivity contribution is -0.139. The molecule has 3 aromatic rings. The number of hydrogen-bond donors (Lipinski definition) is 0. The van der Waals surface area contributed by atoms with Crippen molar-refractivity contribution in [1.29, 1.82) is 0 Å². The van der Waals surface area contributed by atoms with Gasteiger partial charge in [-0.25, -0.2) is 0 Å². The number of rotatable bonds is 4. The number of ether oxygens (including phenoxy) is 1. The first-order chi connectivity index (χ1) is 14.0. The van der Waals surface area contributed by atoms with Crippen molar-refractivity contribution < 1.29 is 14.3 Å². The van der Waals surface area contributed by atoms with Gasteiger partial charge in [-0.3, -0.25) is 9.59 Å². The van der Waals surface area contributed by atoms with Gasteiger partial charge >= 0.3 is 5.97 Å². The number of benzene rings is 3. The van der Waals surface area contributed by atoms with E-state index in [0.717, 1.165) is 27.9 Å². The first kappa shape index (κ1) is 18.9. The number of nitrogens with zero attached hydrogens (tertiary/aromatic N) is 1. The van der Waals surface area contributed by atoms with E-state index in [-0.39, 0.29) is 18.3 Å². The van der Waals surface area contributed by atoms with Gasteiger partial charge in [0.15, 0.2) is 0 Å². The van der Waals surface area contributed by atoms with Crippen LogP contribution in [0.25, 0.3) is 11.1 Å². The van der Waals surface area contributed by atoms with Gasteiger partial charge in [0.1, 0.15) is 5.75 Å². The predicted molar refractivity (Wildman–Crippen MR) is 114 cm³/mol. The Hall–Kier alpha value is -3.40. The van der Waals surface area contributed by atoms with E-state index >= 15 is 0 Å². The SMILES string of the molecule is Cc1cccc(N2C[C@@H](C(=O)Oc3ccc(-c4ccccc4)cc3)CC2=O)c1C. The van der Waals surface area contributed by atoms with Crippen molar-refractivity contribution in [2.75, 3.05) is 11.4 Å². The van der Waals surface area contributed by atoms with Gasteiger partial charge in [0.25, 0.3) is 0 Å². The maximum atomic E-state index is 12.6. The minimum absolute atomic E-state index is 0.0416. The Balaban J connectivity index is 1.44. The molecule has 146 valence electrons. The molecular formula is C25H23NO3. The minimum Gasteiger partial charge on any atom is -0.426 e. The molecule has 1 aliphatic rings. The molecule has 1 heterocycles. The second kappa shape index (κ2) is 7.92. The summed E-state index contributed by atoms with van der Waals surface area (Å²) in [5, 5.41) is 0. The third-order valence-electron chi connectivity index (χ3n) is 5.51. The Morgan fingerprint density at radius 3 is 2.31 bits per heavy atom. The van der Waals surface area contributed by atoms with Crippen LogP contribution in [0.15, 0.2) is 72.8 Å². The number of carbonyl (C=O) groups is 2. The van der Waals surface area contributed by atoms with Crippen LogP contribution < -0.4 is 9.64 Å². The summed E-state index contributed by atoms with van der Waals surface area (Å²) < 4.78 is 5.56. The van der Waals surface area contributed by atoms with Crippen LogP contribution in [0.1, 0.15) is 17.5 Å². The summed E-state index contributed by atoms with van der Waals surface area (Å²) in [4.78, 5) is 26.9. The zero-order valence-corrected chi connectivity index (χ0v) is 16.6. The fourth-order valence-corrected chi connectivity index (χ4v) is 3.67. The molecule has 0 unspecified atom stereocenters. The van der Waals surface area contributed by atoms with E-state index in [1.165, 1.54) is 0 Å². The minimum atomic E-state index is -0.462. The van der Waals surface area contributed by atoms with Crippen molar-refractivity contribution in [1.82, 2.24) is 0 Å². The molecule has 4 rings (SSSR count). The molecule has 4 nitrogen and oxygen atoms in total. The molecule has 1 saturated heterocycles. The lowest BCUT2D eigenvalue weighted by atomic mass is 10.1. The van der Waals surface area contributed by atoms with E-state index in [9.17, 15) is 9.59 Å². The van der Waals surface area contributed by atoms with Crippen LogP contribution in [0.4, 0.5) is 5.69 Å². The van der Waals surface area contributed by atoms with Crippen LogP contribution in [0.2, 0.25) is 0 Å². The summed E-state index contributed by atoms with van der Waals surface area (Å²) >= 11 is 0. The average molecular weight is 385 g/mol. The average Bonchev–Trinajstić information content (AvgIpc) is 3.13. The largest absolute Gasteiger partial charge is 0.426 e. The van der Waals surface area contributed by atoms with Crippen LogP contribution in [-0.4, -0.2) is 18.4 Å². The van der Waals surface area contributed by atoms with Crippen LogP contribution >= 0.6 is 0 Å². The van der Waals surface area contributed by atoms with Gasteiger partial charge in [0.2, 0.25) is 5.91 Å². The molecule has 29 heavy (non-hydrogen) atoms. The van der Waals surface area contributed by atoms with Crippen molar-refractivity contribution in [3.63, 3.8) is 0 Å². The van der Waals surface area contributed by atoms with Gasteiger partial charge in [-0.15, -0.1) is 0 Å². The molecule has 0 bridgehead atoms. The quantitative estimate of drug-likeness (QED) is 0.473. The number of anilines is 1. The maximum absolute atomic E-state index is 12.6. The molecule has 3 aromatic carbocycles. The second-order valence-electron chi connectivity index (χ2n) is 7.44. The number of aryl methyl sites for hydroxylation is 1. The third kappa shape index (κ3) is 3.92. The highest BCUT2D eigenvalue weighted by Gasteiger charge is 2.37. The predicted octanol–water partition coefficient (Wildman–Crippen LogP) is 4.93. The zero-order chi connectivity index (χ0) is 20.4. The second-order valence-corrected chi connectivity index (χ2v) is 7.44. The summed E-state index contributed by atoms with van der Waals surface area (Å²) in [6, 6.07) is 23.3. The standard InChI is InChI=1S/C25H23NO3/c1-17-7-6-10-23(18(17)2)26-16-21(15-24(26)27)25(28)29-22-13-11-20(12-14-22)19-8-4-3-5-9-19/h3-14,21H,15-16H2,1-2H3/t21-/m0/s1. The molecule has 0 aromatic heterocycles. The Morgan fingerprint density at radius 2 is 1.59 bits per heavy atom. The molecule has 1 aliphatic heterocycles. The van der Waals surface area contributed by atoms with Crippen LogP contribution in [-0.2, 0) is 9.59 Å². The Labute approximate surface area is 170 Å². The Morgan fingerprint density at radius 1 is 0.897 bits per heavy atom. The highest BCUT2D eigenvalue weighted by Crippen LogP contribution is 2.30. The Bertz CT molecular complexity index is 1040. The lowest BCUT2D eigenvalue weighted by Gasteiger charge is -2.20. The summed E-state index contributed by atoms with van der Waals surface area (Å²) in [5.41, 5.74) is 5.22. The smallest absolute Gasteiger partial charge is 0.316 e. The van der Waals surface area contributed by atoms with Gasteiger partial charge in [-0.05, 0) is 54.3 Å². The van der Waals surface area contributed by atoms with Crippen molar-refractivity contribution in [3.05, 3.63) is 83.9 Å². The summed E-state index contributed by atoms with van der Waals surface area (Å²) in [6.45, 7) is 4.37. The topological polar surface area (TPSA) is 46.6 Å².